The standard InChI is InChI=1S/C58H106O6/c1-4-7-10-13-15-17-19-21-22-23-24-25-26-27-28-29-30-31-32-33-34-35-36-37-39-40-42-45-48-51-57(60)63-54-55(53-62-56(59)50-47-44-12-9-6-3)64-58(61)52-49-46-43-41-38-20-18-16-14-11-8-5-2/h16,18-19,21,23-24,55H,4-15,17,20,22,25-54H2,1-3H3/b18-16-,21-19-,24-23-. The molecule has 0 bridgehead atoms. The second-order valence-corrected chi connectivity index (χ2v) is 18.8. The molecule has 0 N–H and O–H groups in total. The fourth-order valence-electron chi connectivity index (χ4n) is 8.12. The first-order valence-electron chi connectivity index (χ1n) is 28.0. The summed E-state index contributed by atoms with van der Waals surface area (Å²) >= 11 is 0. The van der Waals surface area contributed by atoms with Crippen molar-refractivity contribution in [2.24, 2.45) is 0 Å². The maximum atomic E-state index is 12.7. The highest BCUT2D eigenvalue weighted by Crippen LogP contribution is 2.16. The summed E-state index contributed by atoms with van der Waals surface area (Å²) in [6, 6.07) is 0. The van der Waals surface area contributed by atoms with Crippen molar-refractivity contribution in [1.29, 1.82) is 0 Å². The van der Waals surface area contributed by atoms with Gasteiger partial charge in [0.15, 0.2) is 6.10 Å². The van der Waals surface area contributed by atoms with E-state index < -0.39 is 6.10 Å². The Hall–Kier alpha value is -2.37. The molecule has 6 heteroatoms. The van der Waals surface area contributed by atoms with Crippen LogP contribution in [-0.4, -0.2) is 37.2 Å². The Kier molecular flexibility index (Phi) is 51.3. The molecule has 0 aromatic rings. The van der Waals surface area contributed by atoms with Crippen molar-refractivity contribution >= 4 is 17.9 Å². The Balaban J connectivity index is 3.93. The van der Waals surface area contributed by atoms with E-state index in [1.54, 1.807) is 0 Å². The van der Waals surface area contributed by atoms with Crippen LogP contribution in [0.1, 0.15) is 297 Å². The van der Waals surface area contributed by atoms with Gasteiger partial charge in [-0.3, -0.25) is 14.4 Å². The molecule has 0 aromatic heterocycles. The summed E-state index contributed by atoms with van der Waals surface area (Å²) < 4.78 is 16.7. The van der Waals surface area contributed by atoms with Gasteiger partial charge in [-0.2, -0.15) is 0 Å². The van der Waals surface area contributed by atoms with Crippen molar-refractivity contribution in [1.82, 2.24) is 0 Å². The van der Waals surface area contributed by atoms with Gasteiger partial charge in [0, 0.05) is 19.3 Å². The summed E-state index contributed by atoms with van der Waals surface area (Å²) in [4.78, 5) is 37.6. The summed E-state index contributed by atoms with van der Waals surface area (Å²) in [7, 11) is 0. The van der Waals surface area contributed by atoms with E-state index in [2.05, 4.69) is 57.2 Å². The largest absolute Gasteiger partial charge is 0.462 e. The van der Waals surface area contributed by atoms with Crippen molar-refractivity contribution in [2.75, 3.05) is 13.2 Å². The van der Waals surface area contributed by atoms with Gasteiger partial charge in [-0.15, -0.1) is 0 Å². The second-order valence-electron chi connectivity index (χ2n) is 18.8. The van der Waals surface area contributed by atoms with Gasteiger partial charge in [0.25, 0.3) is 0 Å². The van der Waals surface area contributed by atoms with Crippen LogP contribution in [0.25, 0.3) is 0 Å². The van der Waals surface area contributed by atoms with Gasteiger partial charge in [-0.05, 0) is 77.0 Å². The van der Waals surface area contributed by atoms with Crippen molar-refractivity contribution in [3.63, 3.8) is 0 Å². The average molecular weight is 899 g/mol. The highest BCUT2D eigenvalue weighted by molar-refractivity contribution is 5.71. The summed E-state index contributed by atoms with van der Waals surface area (Å²) in [6.45, 7) is 6.53. The van der Waals surface area contributed by atoms with Crippen LogP contribution in [-0.2, 0) is 28.6 Å². The molecule has 0 saturated carbocycles. The zero-order valence-corrected chi connectivity index (χ0v) is 42.8. The number of hydrogen-bond donors (Lipinski definition) is 0. The average Bonchev–Trinajstić information content (AvgIpc) is 3.29. The van der Waals surface area contributed by atoms with E-state index in [0.717, 1.165) is 77.0 Å². The smallest absolute Gasteiger partial charge is 0.306 e. The quantitative estimate of drug-likeness (QED) is 0.0262. The molecule has 0 fully saturated rings. The molecule has 0 aliphatic carbocycles. The summed E-state index contributed by atoms with van der Waals surface area (Å²) in [5.41, 5.74) is 0. The molecule has 0 heterocycles. The lowest BCUT2D eigenvalue weighted by atomic mass is 10.0. The summed E-state index contributed by atoms with van der Waals surface area (Å²) in [5.74, 6) is -0.886. The van der Waals surface area contributed by atoms with E-state index in [1.165, 1.54) is 180 Å². The predicted octanol–water partition coefficient (Wildman–Crippen LogP) is 18.5. The molecular formula is C58H106O6. The molecule has 0 rings (SSSR count). The third kappa shape index (κ3) is 50.6. The van der Waals surface area contributed by atoms with E-state index in [9.17, 15) is 14.4 Å². The fourth-order valence-corrected chi connectivity index (χ4v) is 8.12. The van der Waals surface area contributed by atoms with E-state index in [4.69, 9.17) is 14.2 Å². The van der Waals surface area contributed by atoms with E-state index in [-0.39, 0.29) is 31.1 Å². The molecule has 64 heavy (non-hydrogen) atoms. The first kappa shape index (κ1) is 61.6. The zero-order chi connectivity index (χ0) is 46.5. The zero-order valence-electron chi connectivity index (χ0n) is 42.8. The number of carbonyl (C=O) groups excluding carboxylic acids is 3. The van der Waals surface area contributed by atoms with E-state index in [0.29, 0.717) is 19.3 Å². The predicted molar refractivity (Wildman–Crippen MR) is 275 cm³/mol. The van der Waals surface area contributed by atoms with Crippen LogP contribution in [0.2, 0.25) is 0 Å². The monoisotopic (exact) mass is 899 g/mol. The van der Waals surface area contributed by atoms with Crippen molar-refractivity contribution in [2.45, 2.75) is 303 Å². The van der Waals surface area contributed by atoms with Crippen molar-refractivity contribution < 1.29 is 28.6 Å². The second kappa shape index (κ2) is 53.2. The van der Waals surface area contributed by atoms with E-state index >= 15 is 0 Å². The number of unbranched alkanes of at least 4 members (excludes halogenated alkanes) is 34. The van der Waals surface area contributed by atoms with E-state index in [1.807, 2.05) is 0 Å². The van der Waals surface area contributed by atoms with Gasteiger partial charge in [-0.1, -0.05) is 237 Å². The highest BCUT2D eigenvalue weighted by atomic mass is 16.6. The Bertz CT molecular complexity index is 1080. The highest BCUT2D eigenvalue weighted by Gasteiger charge is 2.19. The number of rotatable bonds is 51. The maximum absolute atomic E-state index is 12.7. The topological polar surface area (TPSA) is 78.9 Å². The van der Waals surface area contributed by atoms with Crippen LogP contribution in [0, 0.1) is 0 Å². The van der Waals surface area contributed by atoms with Crippen LogP contribution < -0.4 is 0 Å². The molecule has 0 aliphatic heterocycles. The lowest BCUT2D eigenvalue weighted by molar-refractivity contribution is -0.167. The first-order chi connectivity index (χ1) is 31.5. The number of allylic oxidation sites excluding steroid dienone is 6. The number of hydrogen-bond acceptors (Lipinski definition) is 6. The molecule has 0 radical (unpaired) electrons. The molecule has 0 aliphatic rings. The van der Waals surface area contributed by atoms with Gasteiger partial charge >= 0.3 is 17.9 Å². The number of ether oxygens (including phenoxy) is 3. The van der Waals surface area contributed by atoms with Gasteiger partial charge < -0.3 is 14.2 Å². The molecule has 0 spiro atoms. The minimum atomic E-state index is -0.769. The molecule has 0 saturated heterocycles. The van der Waals surface area contributed by atoms with Crippen LogP contribution in [0.15, 0.2) is 36.5 Å². The Morgan fingerprint density at radius 2 is 0.562 bits per heavy atom. The molecule has 1 unspecified atom stereocenters. The van der Waals surface area contributed by atoms with Gasteiger partial charge in [0.2, 0.25) is 0 Å². The third-order valence-corrected chi connectivity index (χ3v) is 12.4. The normalized spacial score (nSPS) is 12.2. The summed E-state index contributed by atoms with van der Waals surface area (Å²) in [5, 5.41) is 0. The van der Waals surface area contributed by atoms with Crippen LogP contribution in [0.3, 0.4) is 0 Å². The Morgan fingerprint density at radius 3 is 0.906 bits per heavy atom. The van der Waals surface area contributed by atoms with Crippen LogP contribution in [0.4, 0.5) is 0 Å². The number of carbonyl (C=O) groups is 3. The third-order valence-electron chi connectivity index (χ3n) is 12.4. The van der Waals surface area contributed by atoms with Gasteiger partial charge in [0.1, 0.15) is 13.2 Å². The SMILES string of the molecule is CCCCC/C=C\CCCCCCCC(=O)OC(COC(=O)CCCCCCC)COC(=O)CCCCCCCCCCCCCCCCCCC/C=C\C/C=C\CCCCCCC. The molecule has 374 valence electrons. The summed E-state index contributed by atoms with van der Waals surface area (Å²) in [6.07, 6.45) is 63.4. The molecule has 0 aromatic carbocycles. The molecule has 1 atom stereocenters. The van der Waals surface area contributed by atoms with Crippen LogP contribution >= 0.6 is 0 Å². The number of esters is 3. The Labute approximate surface area is 397 Å². The first-order valence-corrected chi connectivity index (χ1v) is 28.0. The lowest BCUT2D eigenvalue weighted by Crippen LogP contribution is -2.30. The minimum Gasteiger partial charge on any atom is -0.462 e. The fraction of sp³-hybridized carbons (Fsp3) is 0.845. The van der Waals surface area contributed by atoms with Crippen LogP contribution in [0.5, 0.6) is 0 Å². The lowest BCUT2D eigenvalue weighted by Gasteiger charge is -2.18. The van der Waals surface area contributed by atoms with Crippen molar-refractivity contribution in [3.05, 3.63) is 36.5 Å². The maximum Gasteiger partial charge on any atom is 0.306 e. The minimum absolute atomic E-state index is 0.0728. The molecular weight excluding hydrogens is 793 g/mol. The molecule has 6 nitrogen and oxygen atoms in total. The van der Waals surface area contributed by atoms with Gasteiger partial charge in [-0.25, -0.2) is 0 Å². The van der Waals surface area contributed by atoms with Crippen molar-refractivity contribution in [3.8, 4) is 0 Å². The molecule has 0 amide bonds. The van der Waals surface area contributed by atoms with Gasteiger partial charge in [0.05, 0.1) is 0 Å². The Morgan fingerprint density at radius 1 is 0.312 bits per heavy atom.